The summed E-state index contributed by atoms with van der Waals surface area (Å²) < 4.78 is 0. The molecule has 0 spiro atoms. The molecule has 3 N–H and O–H groups in total. The van der Waals surface area contributed by atoms with E-state index in [-0.39, 0.29) is 11.9 Å². The van der Waals surface area contributed by atoms with Crippen LogP contribution in [0.3, 0.4) is 0 Å². The van der Waals surface area contributed by atoms with Gasteiger partial charge in [0.1, 0.15) is 5.01 Å². The van der Waals surface area contributed by atoms with Gasteiger partial charge in [0.05, 0.1) is 11.5 Å². The summed E-state index contributed by atoms with van der Waals surface area (Å²) in [6.45, 7) is 5.92. The first-order valence-electron chi connectivity index (χ1n) is 4.88. The Kier molecular flexibility index (Phi) is 3.82. The summed E-state index contributed by atoms with van der Waals surface area (Å²) in [5.41, 5.74) is 5.01. The molecule has 1 aromatic heterocycles. The molecule has 0 bridgehead atoms. The molecule has 84 valence electrons. The van der Waals surface area contributed by atoms with Crippen LogP contribution in [0.4, 0.5) is 0 Å². The summed E-state index contributed by atoms with van der Waals surface area (Å²) in [5, 5.41) is 5.71. The molecule has 1 amide bonds. The third-order valence-electron chi connectivity index (χ3n) is 2.29. The van der Waals surface area contributed by atoms with Crippen LogP contribution < -0.4 is 11.1 Å². The van der Waals surface area contributed by atoms with Gasteiger partial charge in [-0.15, -0.1) is 11.3 Å². The van der Waals surface area contributed by atoms with Gasteiger partial charge < -0.3 is 11.1 Å². The van der Waals surface area contributed by atoms with Crippen molar-refractivity contribution in [3.63, 3.8) is 0 Å². The topological polar surface area (TPSA) is 68.0 Å². The average molecular weight is 227 g/mol. The van der Waals surface area contributed by atoms with E-state index in [9.17, 15) is 4.79 Å². The predicted octanol–water partition coefficient (Wildman–Crippen LogP) is 1.31. The summed E-state index contributed by atoms with van der Waals surface area (Å²) in [4.78, 5) is 15.9. The number of carbonyl (C=O) groups excluding carboxylic acids is 1. The summed E-state index contributed by atoms with van der Waals surface area (Å²) in [6.07, 6.45) is 1.73. The van der Waals surface area contributed by atoms with Gasteiger partial charge in [-0.1, -0.05) is 0 Å². The lowest BCUT2D eigenvalue weighted by Gasteiger charge is -2.23. The first kappa shape index (κ1) is 12.1. The van der Waals surface area contributed by atoms with E-state index in [1.54, 1.807) is 6.20 Å². The van der Waals surface area contributed by atoms with Crippen LogP contribution in [-0.4, -0.2) is 17.4 Å². The molecule has 0 saturated carbocycles. The van der Waals surface area contributed by atoms with E-state index < -0.39 is 5.41 Å². The van der Waals surface area contributed by atoms with Gasteiger partial charge in [-0.2, -0.15) is 0 Å². The highest BCUT2D eigenvalue weighted by Gasteiger charge is 2.27. The quantitative estimate of drug-likeness (QED) is 0.814. The SMILES string of the molecule is CC(NC(=O)C(C)(C)CN)c1nccs1. The van der Waals surface area contributed by atoms with Gasteiger partial charge in [0, 0.05) is 18.1 Å². The minimum atomic E-state index is -0.522. The van der Waals surface area contributed by atoms with Crippen molar-refractivity contribution in [1.82, 2.24) is 10.3 Å². The molecule has 0 fully saturated rings. The monoisotopic (exact) mass is 227 g/mol. The maximum atomic E-state index is 11.8. The van der Waals surface area contributed by atoms with Crippen LogP contribution in [0.25, 0.3) is 0 Å². The largest absolute Gasteiger partial charge is 0.347 e. The van der Waals surface area contributed by atoms with Crippen molar-refractivity contribution in [2.45, 2.75) is 26.8 Å². The second kappa shape index (κ2) is 4.72. The van der Waals surface area contributed by atoms with Crippen LogP contribution in [0, 0.1) is 5.41 Å². The van der Waals surface area contributed by atoms with Gasteiger partial charge in [0.2, 0.25) is 5.91 Å². The van der Waals surface area contributed by atoms with Crippen LogP contribution in [0.5, 0.6) is 0 Å². The van der Waals surface area contributed by atoms with Crippen LogP contribution >= 0.6 is 11.3 Å². The molecule has 0 saturated heterocycles. The fourth-order valence-corrected chi connectivity index (χ4v) is 1.64. The molecule has 1 aromatic rings. The standard InChI is InChI=1S/C10H17N3OS/c1-7(8-12-4-5-15-8)13-9(14)10(2,3)6-11/h4-5,7H,6,11H2,1-3H3,(H,13,14). The van der Waals surface area contributed by atoms with Gasteiger partial charge >= 0.3 is 0 Å². The van der Waals surface area contributed by atoms with Crippen molar-refractivity contribution in [3.8, 4) is 0 Å². The number of hydrogen-bond donors (Lipinski definition) is 2. The molecule has 1 heterocycles. The maximum Gasteiger partial charge on any atom is 0.227 e. The lowest BCUT2D eigenvalue weighted by molar-refractivity contribution is -0.129. The Morgan fingerprint density at radius 3 is 2.87 bits per heavy atom. The van der Waals surface area contributed by atoms with E-state index in [4.69, 9.17) is 5.73 Å². The maximum absolute atomic E-state index is 11.8. The number of amides is 1. The number of carbonyl (C=O) groups is 1. The number of thiazole rings is 1. The number of nitrogens with zero attached hydrogens (tertiary/aromatic N) is 1. The fraction of sp³-hybridized carbons (Fsp3) is 0.600. The van der Waals surface area contributed by atoms with Crippen LogP contribution in [0.15, 0.2) is 11.6 Å². The van der Waals surface area contributed by atoms with E-state index >= 15 is 0 Å². The summed E-state index contributed by atoms with van der Waals surface area (Å²) in [6, 6.07) is -0.0525. The van der Waals surface area contributed by atoms with E-state index in [1.165, 1.54) is 11.3 Å². The number of nitrogens with two attached hydrogens (primary N) is 1. The van der Waals surface area contributed by atoms with Crippen molar-refractivity contribution in [2.24, 2.45) is 11.1 Å². The lowest BCUT2D eigenvalue weighted by Crippen LogP contribution is -2.42. The van der Waals surface area contributed by atoms with Crippen molar-refractivity contribution < 1.29 is 4.79 Å². The Labute approximate surface area is 93.9 Å². The summed E-state index contributed by atoms with van der Waals surface area (Å²) >= 11 is 1.53. The highest BCUT2D eigenvalue weighted by atomic mass is 32.1. The Bertz CT molecular complexity index is 321. The summed E-state index contributed by atoms with van der Waals surface area (Å²) in [5.74, 6) is -0.0345. The molecule has 4 nitrogen and oxygen atoms in total. The normalized spacial score (nSPS) is 13.6. The van der Waals surface area contributed by atoms with Crippen molar-refractivity contribution in [3.05, 3.63) is 16.6 Å². The molecule has 1 unspecified atom stereocenters. The molecule has 1 atom stereocenters. The van der Waals surface area contributed by atoms with Gasteiger partial charge in [0.15, 0.2) is 0 Å². The molecule has 0 aliphatic rings. The number of rotatable bonds is 4. The third kappa shape index (κ3) is 3.00. The van der Waals surface area contributed by atoms with Crippen LogP contribution in [-0.2, 0) is 4.79 Å². The van der Waals surface area contributed by atoms with Gasteiger partial charge in [0.25, 0.3) is 0 Å². The van der Waals surface area contributed by atoms with E-state index in [0.717, 1.165) is 5.01 Å². The first-order chi connectivity index (χ1) is 6.97. The minimum Gasteiger partial charge on any atom is -0.347 e. The second-order valence-corrected chi connectivity index (χ2v) is 5.08. The zero-order valence-corrected chi connectivity index (χ0v) is 10.1. The zero-order valence-electron chi connectivity index (χ0n) is 9.28. The van der Waals surface area contributed by atoms with E-state index in [2.05, 4.69) is 10.3 Å². The molecular weight excluding hydrogens is 210 g/mol. The smallest absolute Gasteiger partial charge is 0.227 e. The van der Waals surface area contributed by atoms with Gasteiger partial charge in [-0.3, -0.25) is 4.79 Å². The van der Waals surface area contributed by atoms with Crippen LogP contribution in [0.1, 0.15) is 31.8 Å². The minimum absolute atomic E-state index is 0.0345. The van der Waals surface area contributed by atoms with Crippen molar-refractivity contribution in [1.29, 1.82) is 0 Å². The Morgan fingerprint density at radius 2 is 2.40 bits per heavy atom. The predicted molar refractivity (Wildman–Crippen MR) is 61.5 cm³/mol. The average Bonchev–Trinajstić information content (AvgIpc) is 2.70. The van der Waals surface area contributed by atoms with Gasteiger partial charge in [-0.05, 0) is 20.8 Å². The lowest BCUT2D eigenvalue weighted by atomic mass is 9.92. The number of aromatic nitrogens is 1. The van der Waals surface area contributed by atoms with Crippen LogP contribution in [0.2, 0.25) is 0 Å². The fourth-order valence-electron chi connectivity index (χ4n) is 0.995. The summed E-state index contributed by atoms with van der Waals surface area (Å²) in [7, 11) is 0. The zero-order chi connectivity index (χ0) is 11.5. The van der Waals surface area contributed by atoms with Crippen molar-refractivity contribution in [2.75, 3.05) is 6.54 Å². The second-order valence-electron chi connectivity index (χ2n) is 4.15. The molecule has 1 rings (SSSR count). The van der Waals surface area contributed by atoms with E-state index in [0.29, 0.717) is 6.54 Å². The molecule has 15 heavy (non-hydrogen) atoms. The highest BCUT2D eigenvalue weighted by molar-refractivity contribution is 7.09. The molecule has 0 aliphatic heterocycles. The molecule has 0 aliphatic carbocycles. The Morgan fingerprint density at radius 1 is 1.73 bits per heavy atom. The first-order valence-corrected chi connectivity index (χ1v) is 5.76. The third-order valence-corrected chi connectivity index (χ3v) is 3.25. The number of hydrogen-bond acceptors (Lipinski definition) is 4. The Hall–Kier alpha value is -0.940. The van der Waals surface area contributed by atoms with Gasteiger partial charge in [-0.25, -0.2) is 4.98 Å². The molecule has 5 heteroatoms. The van der Waals surface area contributed by atoms with E-state index in [1.807, 2.05) is 26.2 Å². The highest BCUT2D eigenvalue weighted by Crippen LogP contribution is 2.18. The Balaban J connectivity index is 2.60. The number of nitrogens with one attached hydrogen (secondary N) is 1. The molecular formula is C10H17N3OS. The molecule has 0 radical (unpaired) electrons. The molecule has 0 aromatic carbocycles. The van der Waals surface area contributed by atoms with Crippen molar-refractivity contribution >= 4 is 17.2 Å².